The van der Waals surface area contributed by atoms with E-state index < -0.39 is 0 Å². The summed E-state index contributed by atoms with van der Waals surface area (Å²) in [6.07, 6.45) is 3.64. The van der Waals surface area contributed by atoms with Crippen molar-refractivity contribution in [3.63, 3.8) is 0 Å². The molecule has 3 nitrogen and oxygen atoms in total. The van der Waals surface area contributed by atoms with Gasteiger partial charge in [-0.05, 0) is 25.3 Å². The van der Waals surface area contributed by atoms with Crippen molar-refractivity contribution in [2.75, 3.05) is 6.54 Å². The van der Waals surface area contributed by atoms with Gasteiger partial charge in [-0.25, -0.2) is 0 Å². The quantitative estimate of drug-likeness (QED) is 0.744. The minimum atomic E-state index is 0.490. The molecule has 0 saturated heterocycles. The van der Waals surface area contributed by atoms with Gasteiger partial charge in [-0.1, -0.05) is 19.0 Å². The number of aromatic nitrogens is 1. The Hall–Kier alpha value is -0.830. The van der Waals surface area contributed by atoms with Crippen LogP contribution in [0.5, 0.6) is 0 Å². The summed E-state index contributed by atoms with van der Waals surface area (Å²) in [5, 5.41) is 3.94. The standard InChI is InChI=1S/C9H16N2O/c1-7(2)8-6-12-11-9(8)4-3-5-10/h6-7H,3-5,10H2,1-2H3. The van der Waals surface area contributed by atoms with E-state index >= 15 is 0 Å². The van der Waals surface area contributed by atoms with Crippen molar-refractivity contribution in [1.29, 1.82) is 0 Å². The molecule has 0 fully saturated rings. The molecular weight excluding hydrogens is 152 g/mol. The molecule has 1 heterocycles. The van der Waals surface area contributed by atoms with Gasteiger partial charge in [0.15, 0.2) is 0 Å². The van der Waals surface area contributed by atoms with Crippen LogP contribution in [-0.2, 0) is 6.42 Å². The van der Waals surface area contributed by atoms with Crippen molar-refractivity contribution >= 4 is 0 Å². The van der Waals surface area contributed by atoms with Crippen molar-refractivity contribution in [1.82, 2.24) is 5.16 Å². The van der Waals surface area contributed by atoms with Gasteiger partial charge in [0, 0.05) is 5.56 Å². The molecule has 0 bridgehead atoms. The maximum Gasteiger partial charge on any atom is 0.127 e. The van der Waals surface area contributed by atoms with Crippen molar-refractivity contribution in [2.45, 2.75) is 32.6 Å². The first kappa shape index (κ1) is 9.26. The molecule has 1 aromatic rings. The summed E-state index contributed by atoms with van der Waals surface area (Å²) in [6.45, 7) is 4.99. The summed E-state index contributed by atoms with van der Waals surface area (Å²) in [6, 6.07) is 0. The van der Waals surface area contributed by atoms with Crippen LogP contribution in [0.3, 0.4) is 0 Å². The van der Waals surface area contributed by atoms with Crippen LogP contribution in [0.1, 0.15) is 37.4 Å². The highest BCUT2D eigenvalue weighted by atomic mass is 16.5. The lowest BCUT2D eigenvalue weighted by Crippen LogP contribution is -2.02. The summed E-state index contributed by atoms with van der Waals surface area (Å²) in [4.78, 5) is 0. The highest BCUT2D eigenvalue weighted by Crippen LogP contribution is 2.18. The molecule has 0 radical (unpaired) electrons. The van der Waals surface area contributed by atoms with Crippen LogP contribution in [0.15, 0.2) is 10.8 Å². The number of rotatable bonds is 4. The predicted molar refractivity (Wildman–Crippen MR) is 48.0 cm³/mol. The monoisotopic (exact) mass is 168 g/mol. The first-order valence-electron chi connectivity index (χ1n) is 4.39. The van der Waals surface area contributed by atoms with E-state index in [9.17, 15) is 0 Å². The fraction of sp³-hybridized carbons (Fsp3) is 0.667. The third kappa shape index (κ3) is 2.08. The van der Waals surface area contributed by atoms with Gasteiger partial charge in [-0.2, -0.15) is 0 Å². The van der Waals surface area contributed by atoms with Crippen molar-refractivity contribution in [3.05, 3.63) is 17.5 Å². The summed E-state index contributed by atoms with van der Waals surface area (Å²) in [7, 11) is 0. The van der Waals surface area contributed by atoms with E-state index in [1.807, 2.05) is 0 Å². The van der Waals surface area contributed by atoms with E-state index in [-0.39, 0.29) is 0 Å². The molecule has 68 valence electrons. The Labute approximate surface area is 72.9 Å². The molecule has 0 aliphatic carbocycles. The Balaban J connectivity index is 2.64. The van der Waals surface area contributed by atoms with Gasteiger partial charge >= 0.3 is 0 Å². The van der Waals surface area contributed by atoms with Crippen molar-refractivity contribution in [2.24, 2.45) is 5.73 Å². The second kappa shape index (κ2) is 4.26. The molecule has 2 N–H and O–H groups in total. The number of hydrogen-bond acceptors (Lipinski definition) is 3. The van der Waals surface area contributed by atoms with Gasteiger partial charge in [0.25, 0.3) is 0 Å². The average molecular weight is 168 g/mol. The average Bonchev–Trinajstić information content (AvgIpc) is 2.48. The highest BCUT2D eigenvalue weighted by Gasteiger charge is 2.09. The second-order valence-corrected chi connectivity index (χ2v) is 3.26. The molecule has 0 atom stereocenters. The van der Waals surface area contributed by atoms with Gasteiger partial charge in [-0.3, -0.25) is 0 Å². The zero-order valence-electron chi connectivity index (χ0n) is 7.71. The van der Waals surface area contributed by atoms with Crippen molar-refractivity contribution in [3.8, 4) is 0 Å². The molecule has 0 spiro atoms. The SMILES string of the molecule is CC(C)c1conc1CCCN. The fourth-order valence-corrected chi connectivity index (χ4v) is 1.20. The third-order valence-electron chi connectivity index (χ3n) is 1.92. The molecule has 1 rings (SSSR count). The summed E-state index contributed by atoms with van der Waals surface area (Å²) in [5.41, 5.74) is 7.69. The Morgan fingerprint density at radius 1 is 1.58 bits per heavy atom. The fourth-order valence-electron chi connectivity index (χ4n) is 1.20. The number of nitrogens with zero attached hydrogens (tertiary/aromatic N) is 1. The van der Waals surface area contributed by atoms with Crippen LogP contribution < -0.4 is 5.73 Å². The maximum absolute atomic E-state index is 5.41. The smallest absolute Gasteiger partial charge is 0.127 e. The lowest BCUT2D eigenvalue weighted by Gasteiger charge is -2.02. The van der Waals surface area contributed by atoms with Crippen LogP contribution >= 0.6 is 0 Å². The van der Waals surface area contributed by atoms with E-state index in [0.29, 0.717) is 12.5 Å². The lowest BCUT2D eigenvalue weighted by atomic mass is 10.0. The van der Waals surface area contributed by atoms with Crippen LogP contribution in [0, 0.1) is 0 Å². The molecule has 3 heteroatoms. The van der Waals surface area contributed by atoms with Crippen LogP contribution in [-0.4, -0.2) is 11.7 Å². The normalized spacial score (nSPS) is 11.0. The van der Waals surface area contributed by atoms with Gasteiger partial charge in [0.1, 0.15) is 6.26 Å². The zero-order valence-corrected chi connectivity index (χ0v) is 7.71. The number of hydrogen-bond donors (Lipinski definition) is 1. The molecule has 1 aromatic heterocycles. The van der Waals surface area contributed by atoms with E-state index in [4.69, 9.17) is 10.3 Å². The maximum atomic E-state index is 5.41. The molecule has 0 aromatic carbocycles. The first-order valence-corrected chi connectivity index (χ1v) is 4.39. The van der Waals surface area contributed by atoms with E-state index in [2.05, 4.69) is 19.0 Å². The predicted octanol–water partition coefficient (Wildman–Crippen LogP) is 1.69. The number of aryl methyl sites for hydroxylation is 1. The number of nitrogens with two attached hydrogens (primary N) is 1. The Morgan fingerprint density at radius 3 is 2.92 bits per heavy atom. The topological polar surface area (TPSA) is 52.0 Å². The van der Waals surface area contributed by atoms with Gasteiger partial charge in [-0.15, -0.1) is 0 Å². The lowest BCUT2D eigenvalue weighted by molar-refractivity contribution is 0.410. The van der Waals surface area contributed by atoms with E-state index in [0.717, 1.165) is 18.5 Å². The molecule has 0 amide bonds. The molecule has 0 saturated carbocycles. The zero-order chi connectivity index (χ0) is 8.97. The molecule has 12 heavy (non-hydrogen) atoms. The minimum Gasteiger partial charge on any atom is -0.364 e. The van der Waals surface area contributed by atoms with E-state index in [1.54, 1.807) is 6.26 Å². The summed E-state index contributed by atoms with van der Waals surface area (Å²) >= 11 is 0. The van der Waals surface area contributed by atoms with Gasteiger partial charge in [0.2, 0.25) is 0 Å². The summed E-state index contributed by atoms with van der Waals surface area (Å²) in [5.74, 6) is 0.490. The molecule has 0 aliphatic heterocycles. The molecule has 0 aliphatic rings. The largest absolute Gasteiger partial charge is 0.364 e. The van der Waals surface area contributed by atoms with Crippen LogP contribution in [0.2, 0.25) is 0 Å². The molecular formula is C9H16N2O. The van der Waals surface area contributed by atoms with Crippen LogP contribution in [0.25, 0.3) is 0 Å². The highest BCUT2D eigenvalue weighted by molar-refractivity contribution is 5.18. The first-order chi connectivity index (χ1) is 5.75. The van der Waals surface area contributed by atoms with E-state index in [1.165, 1.54) is 5.56 Å². The second-order valence-electron chi connectivity index (χ2n) is 3.26. The Kier molecular flexibility index (Phi) is 3.29. The molecule has 0 unspecified atom stereocenters. The van der Waals surface area contributed by atoms with Gasteiger partial charge in [0.05, 0.1) is 5.69 Å². The Bertz CT molecular complexity index is 230. The van der Waals surface area contributed by atoms with Crippen LogP contribution in [0.4, 0.5) is 0 Å². The van der Waals surface area contributed by atoms with Gasteiger partial charge < -0.3 is 10.3 Å². The van der Waals surface area contributed by atoms with Crippen molar-refractivity contribution < 1.29 is 4.52 Å². The minimum absolute atomic E-state index is 0.490. The third-order valence-corrected chi connectivity index (χ3v) is 1.92. The Morgan fingerprint density at radius 2 is 2.33 bits per heavy atom. The summed E-state index contributed by atoms with van der Waals surface area (Å²) < 4.78 is 4.91.